The maximum absolute atomic E-state index is 10.2. The van der Waals surface area contributed by atoms with Gasteiger partial charge in [-0.25, -0.2) is 0 Å². The largest absolute Gasteiger partial charge is 2.00 e. The Morgan fingerprint density at radius 1 is 0.608 bits per heavy atom. The number of carbonyl (C=O) groups excluding carboxylic acids is 1. The van der Waals surface area contributed by atoms with Gasteiger partial charge in [0.15, 0.2) is 12.6 Å². The molecule has 21 heteroatoms. The molecular weight excluding hydrogens is 784 g/mol. The molecule has 0 bridgehead atoms. The average Bonchev–Trinajstić information content (AvgIpc) is 3.02. The fraction of sp³-hybridized carbons (Fsp3) is 0.967. The Morgan fingerprint density at radius 2 is 1.00 bits per heavy atom. The van der Waals surface area contributed by atoms with E-state index in [0.717, 1.165) is 12.8 Å². The van der Waals surface area contributed by atoms with Crippen LogP contribution in [0.2, 0.25) is 0 Å². The minimum atomic E-state index is -5.39. The van der Waals surface area contributed by atoms with Gasteiger partial charge in [-0.15, -0.1) is 0 Å². The standard InChI is InChI=1S/C18H36O2.C12H22O11.3Ca.H3O4P/c1-2-3-4-5-6-7-8-9-10-11-12-13-14-15-16-17-18(19)20;13-1-3-5(15)6(16)9(19)12(22-3)23-10-4(2-14)21-11(20)8(18)7(10)17;;;;1-5(2,3)4/h2-17H2,1H3,(H,19,20);3-20H,1-2H2;;;;(H3,1,2,3,4)/q;;3*+2;/p-4/t;3-,4-,5+,6+,7-,8-,9-,10-,11?,12+;;;;/m.1..../s1. The van der Waals surface area contributed by atoms with E-state index in [-0.39, 0.29) is 120 Å². The molecule has 1 unspecified atom stereocenters. The summed E-state index contributed by atoms with van der Waals surface area (Å²) in [6, 6.07) is 0. The zero-order chi connectivity index (χ0) is 36.7. The van der Waals surface area contributed by atoms with Crippen molar-refractivity contribution < 1.29 is 84.2 Å². The van der Waals surface area contributed by atoms with Gasteiger partial charge in [0, 0.05) is 5.97 Å². The number of ether oxygens (including phenoxy) is 3. The van der Waals surface area contributed by atoms with E-state index in [4.69, 9.17) is 38.6 Å². The second-order valence-electron chi connectivity index (χ2n) is 12.0. The van der Waals surface area contributed by atoms with Gasteiger partial charge in [0.25, 0.3) is 0 Å². The van der Waals surface area contributed by atoms with Crippen LogP contribution in [-0.4, -0.2) is 235 Å². The third-order valence-corrected chi connectivity index (χ3v) is 7.96. The third kappa shape index (κ3) is 29.7. The van der Waals surface area contributed by atoms with Crippen LogP contribution in [0.1, 0.15) is 110 Å². The predicted octanol–water partition coefficient (Wildman–Crippen LogP) is -4.37. The second kappa shape index (κ2) is 36.0. The van der Waals surface area contributed by atoms with Crippen LogP contribution in [0, 0.1) is 0 Å². The number of aliphatic hydroxyl groups excluding tert-OH is 8. The number of hydrogen-bond donors (Lipinski definition) is 8. The molecule has 2 saturated heterocycles. The van der Waals surface area contributed by atoms with Gasteiger partial charge in [0.05, 0.1) is 13.2 Å². The Hall–Kier alpha value is 2.92. The van der Waals surface area contributed by atoms with E-state index in [2.05, 4.69) is 6.92 Å². The van der Waals surface area contributed by atoms with E-state index in [0.29, 0.717) is 0 Å². The van der Waals surface area contributed by atoms with Crippen molar-refractivity contribution in [3.8, 4) is 0 Å². The van der Waals surface area contributed by atoms with Crippen molar-refractivity contribution in [1.82, 2.24) is 0 Å². The van der Waals surface area contributed by atoms with Crippen LogP contribution in [-0.2, 0) is 23.6 Å². The molecule has 0 aliphatic carbocycles. The summed E-state index contributed by atoms with van der Waals surface area (Å²) in [4.78, 5) is 35.9. The molecule has 0 radical (unpaired) electrons. The predicted molar refractivity (Wildman–Crippen MR) is 178 cm³/mol. The molecule has 0 amide bonds. The molecule has 0 aromatic rings. The van der Waals surface area contributed by atoms with Gasteiger partial charge >= 0.3 is 113 Å². The number of carboxylic acids is 1. The van der Waals surface area contributed by atoms with E-state index in [1.165, 1.54) is 83.5 Å². The molecule has 17 nitrogen and oxygen atoms in total. The van der Waals surface area contributed by atoms with Crippen LogP contribution in [0.15, 0.2) is 0 Å². The molecule has 2 rings (SSSR count). The van der Waals surface area contributed by atoms with E-state index in [1.54, 1.807) is 0 Å². The number of phosphoric acid groups is 1. The molecule has 51 heavy (non-hydrogen) atoms. The van der Waals surface area contributed by atoms with Crippen LogP contribution in [0.3, 0.4) is 0 Å². The van der Waals surface area contributed by atoms with E-state index >= 15 is 0 Å². The first kappa shape index (κ1) is 60.6. The zero-order valence-electron chi connectivity index (χ0n) is 29.8. The first-order chi connectivity index (χ1) is 22.6. The third-order valence-electron chi connectivity index (χ3n) is 7.96. The Balaban J connectivity index is -0.000000366. The van der Waals surface area contributed by atoms with E-state index in [9.17, 15) is 45.6 Å². The quantitative estimate of drug-likeness (QED) is 0.0326. The number of rotatable bonds is 20. The normalized spacial score (nSPS) is 28.7. The zero-order valence-corrected chi connectivity index (χ0v) is 37.3. The van der Waals surface area contributed by atoms with E-state index in [1.807, 2.05) is 0 Å². The summed E-state index contributed by atoms with van der Waals surface area (Å²) in [6.07, 6.45) is 4.29. The van der Waals surface area contributed by atoms with Crippen molar-refractivity contribution in [3.05, 3.63) is 0 Å². The topological polar surface area (TPSA) is 316 Å². The number of carboxylic acid groups (broad SMARTS) is 1. The Morgan fingerprint density at radius 3 is 1.37 bits per heavy atom. The summed E-state index contributed by atoms with van der Waals surface area (Å²) in [5.41, 5.74) is 0. The van der Waals surface area contributed by atoms with Crippen molar-refractivity contribution in [1.29, 1.82) is 0 Å². The molecule has 288 valence electrons. The molecule has 10 atom stereocenters. The number of hydrogen-bond acceptors (Lipinski definition) is 17. The molecular formula is C30H57Ca3O17P+2. The van der Waals surface area contributed by atoms with Crippen LogP contribution in [0.4, 0.5) is 0 Å². The van der Waals surface area contributed by atoms with Crippen LogP contribution in [0.25, 0.3) is 0 Å². The van der Waals surface area contributed by atoms with Crippen molar-refractivity contribution in [2.45, 2.75) is 171 Å². The molecule has 0 aromatic heterocycles. The second-order valence-corrected chi connectivity index (χ2v) is 12.9. The Labute approximate surface area is 390 Å². The first-order valence-electron chi connectivity index (χ1n) is 16.8. The minimum Gasteiger partial charge on any atom is -0.822 e. The maximum atomic E-state index is 10.2. The van der Waals surface area contributed by atoms with E-state index < -0.39 is 88.4 Å². The number of carbonyl (C=O) groups is 1. The van der Waals surface area contributed by atoms with Crippen molar-refractivity contribution in [2.24, 2.45) is 0 Å². The van der Waals surface area contributed by atoms with Gasteiger partial charge < -0.3 is 84.2 Å². The monoisotopic (exact) mass is 840 g/mol. The van der Waals surface area contributed by atoms with Crippen LogP contribution in [0.5, 0.6) is 0 Å². The molecule has 8 N–H and O–H groups in total. The summed E-state index contributed by atoms with van der Waals surface area (Å²) < 4.78 is 23.8. The van der Waals surface area contributed by atoms with Gasteiger partial charge in [-0.1, -0.05) is 96.8 Å². The van der Waals surface area contributed by atoms with Crippen LogP contribution < -0.4 is 19.8 Å². The first-order valence-corrected chi connectivity index (χ1v) is 18.2. The van der Waals surface area contributed by atoms with Crippen molar-refractivity contribution >= 4 is 127 Å². The number of unbranched alkanes of at least 4 members (excludes halogenated alkanes) is 14. The maximum Gasteiger partial charge on any atom is 2.00 e. The van der Waals surface area contributed by atoms with Gasteiger partial charge in [-0.2, -0.15) is 7.82 Å². The SMILES string of the molecule is CCCCCCCCCCCCCCCCCC(=O)[O-].O=P([O-])([O-])[O-].OC[C@H]1O[C@@H](O[C@H]2[C@H](O)[C@@H](O)C(O)O[C@@H]2CO)[C@H](O)[C@@H](O)[C@H]1O.[Ca+2].[Ca+2].[Ca+2]. The molecule has 2 heterocycles. The summed E-state index contributed by atoms with van der Waals surface area (Å²) in [5, 5.41) is 86.7. The average molecular weight is 841 g/mol. The molecule has 2 aliphatic heterocycles. The van der Waals surface area contributed by atoms with Crippen LogP contribution >= 0.6 is 7.82 Å². The number of aliphatic carboxylic acids is 1. The van der Waals surface area contributed by atoms with Crippen molar-refractivity contribution in [3.63, 3.8) is 0 Å². The van der Waals surface area contributed by atoms with Gasteiger partial charge in [0.2, 0.25) is 0 Å². The molecule has 0 saturated carbocycles. The summed E-state index contributed by atoms with van der Waals surface area (Å²) >= 11 is 0. The Bertz CT molecular complexity index is 852. The summed E-state index contributed by atoms with van der Waals surface area (Å²) in [6.45, 7) is 0.922. The van der Waals surface area contributed by atoms with Gasteiger partial charge in [0.1, 0.15) is 48.8 Å². The fourth-order valence-corrected chi connectivity index (χ4v) is 5.21. The molecule has 2 fully saturated rings. The fourth-order valence-electron chi connectivity index (χ4n) is 5.21. The molecule has 0 aromatic carbocycles. The van der Waals surface area contributed by atoms with Gasteiger partial charge in [-0.05, 0) is 12.8 Å². The summed E-state index contributed by atoms with van der Waals surface area (Å²) in [5.74, 6) is -0.903. The van der Waals surface area contributed by atoms with Crippen molar-refractivity contribution in [2.75, 3.05) is 13.2 Å². The molecule has 0 spiro atoms. The minimum absolute atomic E-state index is 0. The number of aliphatic hydroxyl groups is 8. The smallest absolute Gasteiger partial charge is 0.822 e. The Kier molecular flexibility index (Phi) is 42.8. The summed E-state index contributed by atoms with van der Waals surface area (Å²) in [7, 11) is -5.39. The van der Waals surface area contributed by atoms with Gasteiger partial charge in [-0.3, -0.25) is 0 Å². The molecule has 2 aliphatic rings.